The third-order valence-corrected chi connectivity index (χ3v) is 2.92. The molecule has 1 aromatic heterocycles. The first-order valence-corrected chi connectivity index (χ1v) is 6.46. The number of carbonyl (C=O) groups is 1. The van der Waals surface area contributed by atoms with Crippen molar-refractivity contribution in [1.82, 2.24) is 10.3 Å². The number of amides is 1. The second-order valence-electron chi connectivity index (χ2n) is 4.29. The first-order chi connectivity index (χ1) is 9.83. The van der Waals surface area contributed by atoms with E-state index in [-0.39, 0.29) is 5.91 Å². The Hall–Kier alpha value is -2.59. The lowest BCUT2D eigenvalue weighted by Crippen LogP contribution is -2.24. The van der Waals surface area contributed by atoms with Gasteiger partial charge in [0.05, 0.1) is 5.52 Å². The van der Waals surface area contributed by atoms with Gasteiger partial charge in [-0.1, -0.05) is 17.2 Å². The normalized spacial score (nSPS) is 10.0. The van der Waals surface area contributed by atoms with Crippen LogP contribution in [0, 0.1) is 0 Å². The Labute approximate surface area is 116 Å². The first-order valence-electron chi connectivity index (χ1n) is 6.46. The lowest BCUT2D eigenvalue weighted by Gasteiger charge is -2.07. The van der Waals surface area contributed by atoms with Crippen LogP contribution >= 0.6 is 0 Å². The van der Waals surface area contributed by atoms with E-state index in [0.717, 1.165) is 23.7 Å². The van der Waals surface area contributed by atoms with Crippen molar-refractivity contribution in [2.75, 3.05) is 13.1 Å². The second kappa shape index (κ2) is 7.11. The van der Waals surface area contributed by atoms with Crippen molar-refractivity contribution in [1.29, 1.82) is 0 Å². The predicted octanol–water partition coefficient (Wildman–Crippen LogP) is 3.06. The summed E-state index contributed by atoms with van der Waals surface area (Å²) >= 11 is 0. The molecule has 0 unspecified atom stereocenters. The lowest BCUT2D eigenvalue weighted by atomic mass is 10.1. The van der Waals surface area contributed by atoms with E-state index in [2.05, 4.69) is 20.3 Å². The SMILES string of the molecule is [N-]=[N+]=NCCCCNC(=O)c1cccc2ncccc12. The summed E-state index contributed by atoms with van der Waals surface area (Å²) in [6, 6.07) is 9.20. The number of azide groups is 1. The Morgan fingerprint density at radius 2 is 2.20 bits per heavy atom. The third kappa shape index (κ3) is 3.46. The molecule has 6 heteroatoms. The van der Waals surface area contributed by atoms with E-state index >= 15 is 0 Å². The standard InChI is InChI=1S/C14H15N5O/c15-19-18-10-2-1-8-17-14(20)12-5-3-7-13-11(12)6-4-9-16-13/h3-7,9H,1-2,8,10H2,(H,17,20). The molecule has 0 aliphatic heterocycles. The Bertz CT molecular complexity index is 644. The number of aromatic nitrogens is 1. The van der Waals surface area contributed by atoms with Crippen LogP contribution in [0.4, 0.5) is 0 Å². The highest BCUT2D eigenvalue weighted by Crippen LogP contribution is 2.16. The maximum Gasteiger partial charge on any atom is 0.251 e. The smallest absolute Gasteiger partial charge is 0.251 e. The fourth-order valence-corrected chi connectivity index (χ4v) is 1.95. The third-order valence-electron chi connectivity index (χ3n) is 2.92. The van der Waals surface area contributed by atoms with Crippen LogP contribution in [0.3, 0.4) is 0 Å². The molecule has 2 rings (SSSR count). The zero-order valence-corrected chi connectivity index (χ0v) is 11.0. The average Bonchev–Trinajstić information content (AvgIpc) is 2.50. The topological polar surface area (TPSA) is 90.8 Å². The quantitative estimate of drug-likeness (QED) is 0.378. The summed E-state index contributed by atoms with van der Waals surface area (Å²) in [4.78, 5) is 19.0. The van der Waals surface area contributed by atoms with Crippen molar-refractivity contribution in [3.63, 3.8) is 0 Å². The number of rotatable bonds is 6. The van der Waals surface area contributed by atoms with Crippen molar-refractivity contribution < 1.29 is 4.79 Å². The fourth-order valence-electron chi connectivity index (χ4n) is 1.95. The average molecular weight is 269 g/mol. The van der Waals surface area contributed by atoms with Crippen LogP contribution in [-0.4, -0.2) is 24.0 Å². The summed E-state index contributed by atoms with van der Waals surface area (Å²) in [5, 5.41) is 7.16. The van der Waals surface area contributed by atoms with Crippen LogP contribution in [0.15, 0.2) is 41.6 Å². The van der Waals surface area contributed by atoms with Gasteiger partial charge < -0.3 is 5.32 Å². The van der Waals surface area contributed by atoms with Gasteiger partial charge in [0.15, 0.2) is 0 Å². The highest BCUT2D eigenvalue weighted by atomic mass is 16.1. The summed E-state index contributed by atoms with van der Waals surface area (Å²) in [6.45, 7) is 1.03. The highest BCUT2D eigenvalue weighted by molar-refractivity contribution is 6.06. The van der Waals surface area contributed by atoms with Crippen molar-refractivity contribution in [3.05, 3.63) is 52.5 Å². The van der Waals surface area contributed by atoms with Crippen molar-refractivity contribution in [2.24, 2.45) is 5.11 Å². The molecule has 0 spiro atoms. The lowest BCUT2D eigenvalue weighted by molar-refractivity contribution is 0.0954. The van der Waals surface area contributed by atoms with Crippen LogP contribution in [0.25, 0.3) is 21.3 Å². The Morgan fingerprint density at radius 1 is 1.30 bits per heavy atom. The molecule has 6 nitrogen and oxygen atoms in total. The molecule has 0 fully saturated rings. The minimum atomic E-state index is -0.104. The van der Waals surface area contributed by atoms with E-state index in [1.54, 1.807) is 12.3 Å². The number of hydrogen-bond donors (Lipinski definition) is 1. The summed E-state index contributed by atoms with van der Waals surface area (Å²) in [6.07, 6.45) is 3.26. The van der Waals surface area contributed by atoms with E-state index in [0.29, 0.717) is 18.7 Å². The number of hydrogen-bond acceptors (Lipinski definition) is 3. The molecule has 2 aromatic rings. The minimum Gasteiger partial charge on any atom is -0.352 e. The molecule has 0 aliphatic rings. The molecule has 102 valence electrons. The summed E-state index contributed by atoms with van der Waals surface area (Å²) < 4.78 is 0. The fraction of sp³-hybridized carbons (Fsp3) is 0.286. The zero-order chi connectivity index (χ0) is 14.2. The van der Waals surface area contributed by atoms with Gasteiger partial charge in [0, 0.05) is 35.1 Å². The van der Waals surface area contributed by atoms with Gasteiger partial charge in [-0.3, -0.25) is 9.78 Å². The molecule has 0 radical (unpaired) electrons. The Balaban J connectivity index is 1.96. The zero-order valence-electron chi connectivity index (χ0n) is 11.0. The van der Waals surface area contributed by atoms with Crippen LogP contribution < -0.4 is 5.32 Å². The molecule has 0 aliphatic carbocycles. The molecule has 20 heavy (non-hydrogen) atoms. The van der Waals surface area contributed by atoms with Gasteiger partial charge in [0.1, 0.15) is 0 Å². The van der Waals surface area contributed by atoms with Crippen LogP contribution in [0.1, 0.15) is 23.2 Å². The monoisotopic (exact) mass is 269 g/mol. The second-order valence-corrected chi connectivity index (χ2v) is 4.29. The van der Waals surface area contributed by atoms with Gasteiger partial charge >= 0.3 is 0 Å². The Kier molecular flexibility index (Phi) is 4.92. The van der Waals surface area contributed by atoms with E-state index in [1.807, 2.05) is 24.3 Å². The molecule has 0 bridgehead atoms. The van der Waals surface area contributed by atoms with E-state index in [9.17, 15) is 4.79 Å². The van der Waals surface area contributed by atoms with E-state index in [1.165, 1.54) is 0 Å². The van der Waals surface area contributed by atoms with Crippen molar-refractivity contribution in [2.45, 2.75) is 12.8 Å². The molecule has 1 aromatic carbocycles. The maximum atomic E-state index is 12.1. The number of pyridine rings is 1. The number of nitrogens with one attached hydrogen (secondary N) is 1. The number of carbonyl (C=O) groups excluding carboxylic acids is 1. The predicted molar refractivity (Wildman–Crippen MR) is 77.3 cm³/mol. The summed E-state index contributed by atoms with van der Waals surface area (Å²) in [5.41, 5.74) is 9.58. The molecular formula is C14H15N5O. The first kappa shape index (κ1) is 13.8. The molecule has 0 saturated heterocycles. The number of unbranched alkanes of at least 4 members (excludes halogenated alkanes) is 1. The maximum absolute atomic E-state index is 12.1. The van der Waals surface area contributed by atoms with Crippen LogP contribution in [0.5, 0.6) is 0 Å². The highest BCUT2D eigenvalue weighted by Gasteiger charge is 2.08. The minimum absolute atomic E-state index is 0.104. The van der Waals surface area contributed by atoms with Gasteiger partial charge in [0.2, 0.25) is 0 Å². The van der Waals surface area contributed by atoms with Crippen LogP contribution in [-0.2, 0) is 0 Å². The van der Waals surface area contributed by atoms with Gasteiger partial charge in [-0.25, -0.2) is 0 Å². The van der Waals surface area contributed by atoms with E-state index < -0.39 is 0 Å². The van der Waals surface area contributed by atoms with Gasteiger partial charge in [0.25, 0.3) is 5.91 Å². The number of nitrogens with zero attached hydrogens (tertiary/aromatic N) is 4. The van der Waals surface area contributed by atoms with Crippen molar-refractivity contribution >= 4 is 16.8 Å². The molecule has 1 heterocycles. The molecular weight excluding hydrogens is 254 g/mol. The molecule has 1 N–H and O–H groups in total. The molecule has 0 atom stereocenters. The number of benzene rings is 1. The summed E-state index contributed by atoms with van der Waals surface area (Å²) in [7, 11) is 0. The van der Waals surface area contributed by atoms with Crippen LogP contribution in [0.2, 0.25) is 0 Å². The van der Waals surface area contributed by atoms with Gasteiger partial charge in [-0.15, -0.1) is 0 Å². The van der Waals surface area contributed by atoms with E-state index in [4.69, 9.17) is 5.53 Å². The van der Waals surface area contributed by atoms with Crippen molar-refractivity contribution in [3.8, 4) is 0 Å². The van der Waals surface area contributed by atoms with Gasteiger partial charge in [-0.2, -0.15) is 0 Å². The Morgan fingerprint density at radius 3 is 3.05 bits per heavy atom. The van der Waals surface area contributed by atoms with Gasteiger partial charge in [-0.05, 0) is 36.6 Å². The summed E-state index contributed by atoms with van der Waals surface area (Å²) in [5.74, 6) is -0.104. The molecule has 1 amide bonds. The molecule has 0 saturated carbocycles. The largest absolute Gasteiger partial charge is 0.352 e. The number of fused-ring (bicyclic) bond motifs is 1.